The molecule has 0 aromatic carbocycles. The van der Waals surface area contributed by atoms with Crippen molar-refractivity contribution in [3.8, 4) is 0 Å². The van der Waals surface area contributed by atoms with Gasteiger partial charge in [0.2, 0.25) is 5.91 Å². The number of amides is 1. The van der Waals surface area contributed by atoms with Gasteiger partial charge in [0, 0.05) is 26.4 Å². The van der Waals surface area contributed by atoms with Gasteiger partial charge < -0.3 is 10.0 Å². The van der Waals surface area contributed by atoms with E-state index in [0.717, 1.165) is 32.4 Å². The zero-order valence-corrected chi connectivity index (χ0v) is 7.82. The molecule has 3 aliphatic rings. The lowest BCUT2D eigenvalue weighted by Gasteiger charge is -2.38. The lowest BCUT2D eigenvalue weighted by Crippen LogP contribution is -2.45. The number of rotatable bonds is 0. The predicted molar refractivity (Wildman–Crippen MR) is 47.2 cm³/mol. The van der Waals surface area contributed by atoms with E-state index in [1.165, 1.54) is 12.8 Å². The quantitative estimate of drug-likeness (QED) is 0.605. The summed E-state index contributed by atoms with van der Waals surface area (Å²) in [7, 11) is 0. The molecule has 1 amide bonds. The lowest BCUT2D eigenvalue weighted by molar-refractivity contribution is -0.139. The Bertz CT molecular complexity index is 203. The fraction of sp³-hybridized carbons (Fsp3) is 0.778. The Morgan fingerprint density at radius 3 is 2.08 bits per heavy atom. The van der Waals surface area contributed by atoms with Crippen molar-refractivity contribution in [1.29, 1.82) is 0 Å². The van der Waals surface area contributed by atoms with E-state index in [9.17, 15) is 4.79 Å². The van der Waals surface area contributed by atoms with Crippen molar-refractivity contribution >= 4 is 11.9 Å². The Balaban J connectivity index is 0.000000184. The maximum Gasteiger partial charge on any atom is 0.300 e. The van der Waals surface area contributed by atoms with Gasteiger partial charge in [-0.05, 0) is 18.8 Å². The van der Waals surface area contributed by atoms with Gasteiger partial charge in [0.05, 0.1) is 0 Å². The van der Waals surface area contributed by atoms with Crippen LogP contribution >= 0.6 is 0 Å². The van der Waals surface area contributed by atoms with E-state index in [-0.39, 0.29) is 0 Å². The maximum absolute atomic E-state index is 11.0. The highest BCUT2D eigenvalue weighted by Gasteiger charge is 2.30. The van der Waals surface area contributed by atoms with Crippen LogP contribution in [0.25, 0.3) is 0 Å². The molecule has 0 spiro atoms. The molecular weight excluding hydrogens is 170 g/mol. The molecule has 3 fully saturated rings. The maximum atomic E-state index is 11.0. The van der Waals surface area contributed by atoms with Crippen molar-refractivity contribution < 1.29 is 14.7 Å². The zero-order valence-electron chi connectivity index (χ0n) is 7.82. The lowest BCUT2D eigenvalue weighted by atomic mass is 9.88. The second-order valence-electron chi connectivity index (χ2n) is 3.55. The number of nitrogens with zero attached hydrogens (tertiary/aromatic N) is 1. The molecule has 3 saturated heterocycles. The van der Waals surface area contributed by atoms with Gasteiger partial charge in [-0.25, -0.2) is 0 Å². The number of carboxylic acid groups (broad SMARTS) is 1. The third kappa shape index (κ3) is 3.05. The number of carbonyl (C=O) groups excluding carboxylic acids is 1. The molecule has 3 rings (SSSR count). The van der Waals surface area contributed by atoms with Gasteiger partial charge in [0.25, 0.3) is 5.97 Å². The number of hydrogen-bond donors (Lipinski definition) is 1. The first-order chi connectivity index (χ1) is 6.09. The first-order valence-electron chi connectivity index (χ1n) is 4.57. The van der Waals surface area contributed by atoms with Crippen LogP contribution in [-0.2, 0) is 9.59 Å². The van der Waals surface area contributed by atoms with Crippen molar-refractivity contribution in [3.63, 3.8) is 0 Å². The highest BCUT2D eigenvalue weighted by Crippen LogP contribution is 2.27. The molecule has 0 radical (unpaired) electrons. The smallest absolute Gasteiger partial charge is 0.300 e. The van der Waals surface area contributed by atoms with Crippen molar-refractivity contribution in [1.82, 2.24) is 4.90 Å². The van der Waals surface area contributed by atoms with Crippen molar-refractivity contribution in [2.75, 3.05) is 13.1 Å². The van der Waals surface area contributed by atoms with E-state index < -0.39 is 5.97 Å². The number of piperidine rings is 3. The standard InChI is InChI=1S/C7H11NO.C2H4O2/c9-7-5-6-1-3-8(7)4-2-6;1-2(3)4/h6H,1-5H2;1H3,(H,3,4). The number of fused-ring (bicyclic) bond motifs is 3. The highest BCUT2D eigenvalue weighted by atomic mass is 16.4. The minimum absolute atomic E-state index is 0.387. The SMILES string of the molecule is CC(=O)O.O=C1CC2CCN1CC2. The first kappa shape index (κ1) is 10.0. The Labute approximate surface area is 77.5 Å². The van der Waals surface area contributed by atoms with E-state index >= 15 is 0 Å². The van der Waals surface area contributed by atoms with Gasteiger partial charge in [-0.3, -0.25) is 9.59 Å². The Morgan fingerprint density at radius 2 is 1.92 bits per heavy atom. The zero-order chi connectivity index (χ0) is 9.84. The van der Waals surface area contributed by atoms with Crippen LogP contribution < -0.4 is 0 Å². The average Bonchev–Trinajstić information content (AvgIpc) is 2.04. The third-order valence-electron chi connectivity index (χ3n) is 2.43. The van der Waals surface area contributed by atoms with Crippen LogP contribution in [0, 0.1) is 5.92 Å². The molecule has 0 aromatic heterocycles. The van der Waals surface area contributed by atoms with Gasteiger partial charge in [0.1, 0.15) is 0 Å². The van der Waals surface area contributed by atoms with Gasteiger partial charge >= 0.3 is 0 Å². The van der Waals surface area contributed by atoms with Crippen LogP contribution in [0.15, 0.2) is 0 Å². The number of carbonyl (C=O) groups is 2. The predicted octanol–water partition coefficient (Wildman–Crippen LogP) is 0.720. The second kappa shape index (κ2) is 4.25. The molecule has 74 valence electrons. The summed E-state index contributed by atoms with van der Waals surface area (Å²) in [6.07, 6.45) is 3.34. The summed E-state index contributed by atoms with van der Waals surface area (Å²) in [6.45, 7) is 3.15. The van der Waals surface area contributed by atoms with Crippen LogP contribution in [0.4, 0.5) is 0 Å². The molecule has 3 heterocycles. The molecule has 0 saturated carbocycles. The summed E-state index contributed by atoms with van der Waals surface area (Å²) in [5.74, 6) is 0.292. The summed E-state index contributed by atoms with van der Waals surface area (Å²) in [5.41, 5.74) is 0. The third-order valence-corrected chi connectivity index (χ3v) is 2.43. The number of carboxylic acids is 1. The molecule has 2 bridgehead atoms. The molecule has 0 atom stereocenters. The molecule has 0 aliphatic carbocycles. The van der Waals surface area contributed by atoms with Gasteiger partial charge in [-0.2, -0.15) is 0 Å². The second-order valence-corrected chi connectivity index (χ2v) is 3.55. The molecule has 0 unspecified atom stereocenters. The average molecular weight is 185 g/mol. The van der Waals surface area contributed by atoms with Crippen molar-refractivity contribution in [3.05, 3.63) is 0 Å². The molecule has 3 aliphatic heterocycles. The van der Waals surface area contributed by atoms with Gasteiger partial charge in [-0.15, -0.1) is 0 Å². The van der Waals surface area contributed by atoms with Gasteiger partial charge in [-0.1, -0.05) is 0 Å². The Kier molecular flexibility index (Phi) is 3.28. The minimum atomic E-state index is -0.833. The molecule has 1 N–H and O–H groups in total. The highest BCUT2D eigenvalue weighted by molar-refractivity contribution is 5.77. The van der Waals surface area contributed by atoms with E-state index in [4.69, 9.17) is 9.90 Å². The molecule has 4 heteroatoms. The fourth-order valence-electron chi connectivity index (χ4n) is 1.76. The number of aliphatic carboxylic acids is 1. The van der Waals surface area contributed by atoms with Crippen molar-refractivity contribution in [2.45, 2.75) is 26.2 Å². The summed E-state index contributed by atoms with van der Waals surface area (Å²) < 4.78 is 0. The minimum Gasteiger partial charge on any atom is -0.481 e. The summed E-state index contributed by atoms with van der Waals surface area (Å²) in [4.78, 5) is 22.0. The summed E-state index contributed by atoms with van der Waals surface area (Å²) in [6, 6.07) is 0. The molecule has 13 heavy (non-hydrogen) atoms. The number of hydrogen-bond acceptors (Lipinski definition) is 2. The monoisotopic (exact) mass is 185 g/mol. The Morgan fingerprint density at radius 1 is 1.46 bits per heavy atom. The largest absolute Gasteiger partial charge is 0.481 e. The Hall–Kier alpha value is -1.06. The topological polar surface area (TPSA) is 57.6 Å². The van der Waals surface area contributed by atoms with Crippen LogP contribution in [0.2, 0.25) is 0 Å². The van der Waals surface area contributed by atoms with Crippen molar-refractivity contribution in [2.24, 2.45) is 5.92 Å². The van der Waals surface area contributed by atoms with E-state index in [2.05, 4.69) is 0 Å². The van der Waals surface area contributed by atoms with E-state index in [1.807, 2.05) is 4.90 Å². The van der Waals surface area contributed by atoms with Crippen LogP contribution in [0.5, 0.6) is 0 Å². The normalized spacial score (nSPS) is 21.0. The van der Waals surface area contributed by atoms with E-state index in [0.29, 0.717) is 5.91 Å². The summed E-state index contributed by atoms with van der Waals surface area (Å²) >= 11 is 0. The van der Waals surface area contributed by atoms with Crippen LogP contribution in [0.3, 0.4) is 0 Å². The molecule has 4 nitrogen and oxygen atoms in total. The van der Waals surface area contributed by atoms with Crippen LogP contribution in [0.1, 0.15) is 26.2 Å². The van der Waals surface area contributed by atoms with E-state index in [1.54, 1.807) is 0 Å². The molecule has 0 aromatic rings. The fourth-order valence-corrected chi connectivity index (χ4v) is 1.76. The van der Waals surface area contributed by atoms with Gasteiger partial charge in [0.15, 0.2) is 0 Å². The molecular formula is C9H15NO3. The van der Waals surface area contributed by atoms with Crippen LogP contribution in [-0.4, -0.2) is 35.0 Å². The summed E-state index contributed by atoms with van der Waals surface area (Å²) in [5, 5.41) is 7.42. The first-order valence-corrected chi connectivity index (χ1v) is 4.57.